The molecule has 1 saturated carbocycles. The highest BCUT2D eigenvalue weighted by Gasteiger charge is 2.39. The molecule has 1 fully saturated rings. The zero-order valence-electron chi connectivity index (χ0n) is 25.8. The average molecular weight is 583 g/mol. The Morgan fingerprint density at radius 2 is 1.32 bits per heavy atom. The first-order valence-electron chi connectivity index (χ1n) is 16.3. The van der Waals surface area contributed by atoms with Crippen molar-refractivity contribution in [2.24, 2.45) is 11.8 Å². The molecule has 8 heteroatoms. The maximum absolute atomic E-state index is 12.4. The molecule has 41 heavy (non-hydrogen) atoms. The van der Waals surface area contributed by atoms with E-state index in [0.29, 0.717) is 25.7 Å². The van der Waals surface area contributed by atoms with Crippen LogP contribution in [0.2, 0.25) is 0 Å². The van der Waals surface area contributed by atoms with Crippen molar-refractivity contribution in [3.05, 3.63) is 12.2 Å². The van der Waals surface area contributed by atoms with E-state index in [1.54, 1.807) is 6.08 Å². The summed E-state index contributed by atoms with van der Waals surface area (Å²) < 4.78 is 10.2. The summed E-state index contributed by atoms with van der Waals surface area (Å²) in [5.74, 6) is -1.11. The van der Waals surface area contributed by atoms with E-state index < -0.39 is 24.3 Å². The van der Waals surface area contributed by atoms with E-state index in [0.717, 1.165) is 57.8 Å². The third kappa shape index (κ3) is 18.4. The lowest BCUT2D eigenvalue weighted by atomic mass is 9.88. The van der Waals surface area contributed by atoms with Crippen molar-refractivity contribution in [1.29, 1.82) is 0 Å². The molecule has 8 nitrogen and oxygen atoms in total. The summed E-state index contributed by atoms with van der Waals surface area (Å²) in [4.78, 5) is 36.2. The van der Waals surface area contributed by atoms with Crippen LogP contribution in [0.4, 0.5) is 0 Å². The first kappa shape index (κ1) is 37.3. The standard InChI is InChI=1S/C33H58O8/c1-3-5-7-8-9-10-15-19-32(38)40-24-27(35)25-41-33(39)20-16-12-11-14-18-28-29(31(37)23-30(28)36)22-21-26(34)17-13-6-4-2/h21-22,26-29,31,34-35,37H,3-20,23-25H2,1-2H3/b22-21+/t26-,27+,28+,29+,31+/m0/s1. The summed E-state index contributed by atoms with van der Waals surface area (Å²) in [6.07, 6.45) is 17.5. The minimum absolute atomic E-state index is 0.0817. The van der Waals surface area contributed by atoms with Crippen LogP contribution in [0.15, 0.2) is 12.2 Å². The number of rotatable bonds is 25. The molecule has 0 saturated heterocycles. The van der Waals surface area contributed by atoms with Gasteiger partial charge >= 0.3 is 11.9 Å². The van der Waals surface area contributed by atoms with Crippen LogP contribution in [-0.4, -0.2) is 64.6 Å². The number of esters is 2. The first-order valence-corrected chi connectivity index (χ1v) is 16.3. The van der Waals surface area contributed by atoms with Gasteiger partial charge in [-0.15, -0.1) is 0 Å². The molecule has 0 aromatic carbocycles. The van der Waals surface area contributed by atoms with Crippen LogP contribution in [0.1, 0.15) is 136 Å². The second kappa shape index (κ2) is 23.8. The summed E-state index contributed by atoms with van der Waals surface area (Å²) in [6, 6.07) is 0. The highest BCUT2D eigenvalue weighted by atomic mass is 16.6. The number of Topliss-reactive ketones (excluding diaryl/α,β-unsaturated/α-hetero) is 1. The highest BCUT2D eigenvalue weighted by Crippen LogP contribution is 2.34. The van der Waals surface area contributed by atoms with Gasteiger partial charge in [0.25, 0.3) is 0 Å². The number of hydrogen-bond acceptors (Lipinski definition) is 8. The number of hydrogen-bond donors (Lipinski definition) is 3. The number of aliphatic hydroxyl groups is 3. The molecule has 0 unspecified atom stereocenters. The average Bonchev–Trinajstić information content (AvgIpc) is 3.22. The number of carbonyl (C=O) groups is 3. The van der Waals surface area contributed by atoms with Gasteiger partial charge in [-0.3, -0.25) is 14.4 Å². The molecule has 0 amide bonds. The molecule has 0 aromatic rings. The largest absolute Gasteiger partial charge is 0.463 e. The minimum Gasteiger partial charge on any atom is -0.463 e. The van der Waals surface area contributed by atoms with Crippen LogP contribution in [0.5, 0.6) is 0 Å². The fraction of sp³-hybridized carbons (Fsp3) is 0.848. The Kier molecular flexibility index (Phi) is 21.6. The normalized spacial score (nSPS) is 20.4. The Labute approximate surface area is 248 Å². The van der Waals surface area contributed by atoms with Crippen LogP contribution >= 0.6 is 0 Å². The van der Waals surface area contributed by atoms with Crippen molar-refractivity contribution in [3.63, 3.8) is 0 Å². The summed E-state index contributed by atoms with van der Waals surface area (Å²) >= 11 is 0. The van der Waals surface area contributed by atoms with Crippen LogP contribution in [0.3, 0.4) is 0 Å². The van der Waals surface area contributed by atoms with Crippen molar-refractivity contribution >= 4 is 17.7 Å². The molecule has 0 heterocycles. The Hall–Kier alpha value is -1.77. The van der Waals surface area contributed by atoms with Gasteiger partial charge in [-0.25, -0.2) is 0 Å². The van der Waals surface area contributed by atoms with Crippen molar-refractivity contribution < 1.29 is 39.2 Å². The lowest BCUT2D eigenvalue weighted by molar-refractivity contribution is -0.152. The second-order valence-electron chi connectivity index (χ2n) is 11.7. The molecule has 5 atom stereocenters. The molecule has 1 rings (SSSR count). The van der Waals surface area contributed by atoms with Crippen molar-refractivity contribution in [2.45, 2.75) is 154 Å². The van der Waals surface area contributed by atoms with Crippen molar-refractivity contribution in [3.8, 4) is 0 Å². The van der Waals surface area contributed by atoms with Gasteiger partial charge in [0.1, 0.15) is 25.1 Å². The third-order valence-corrected chi connectivity index (χ3v) is 7.90. The molecule has 0 bridgehead atoms. The zero-order valence-corrected chi connectivity index (χ0v) is 25.8. The summed E-state index contributed by atoms with van der Waals surface area (Å²) in [6.45, 7) is 3.93. The fourth-order valence-corrected chi connectivity index (χ4v) is 5.33. The van der Waals surface area contributed by atoms with Crippen LogP contribution in [-0.2, 0) is 23.9 Å². The molecule has 1 aliphatic rings. The quantitative estimate of drug-likeness (QED) is 0.0681. The van der Waals surface area contributed by atoms with Crippen LogP contribution in [0, 0.1) is 11.8 Å². The summed E-state index contributed by atoms with van der Waals surface area (Å²) in [7, 11) is 0. The number of carbonyl (C=O) groups excluding carboxylic acids is 3. The Balaban J connectivity index is 2.12. The smallest absolute Gasteiger partial charge is 0.305 e. The van der Waals surface area contributed by atoms with Gasteiger partial charge in [-0.1, -0.05) is 103 Å². The number of ketones is 1. The topological polar surface area (TPSA) is 130 Å². The fourth-order valence-electron chi connectivity index (χ4n) is 5.33. The first-order chi connectivity index (χ1) is 19.8. The Bertz CT molecular complexity index is 737. The molecule has 0 radical (unpaired) electrons. The Morgan fingerprint density at radius 3 is 1.90 bits per heavy atom. The lowest BCUT2D eigenvalue weighted by Gasteiger charge is -2.18. The molecule has 0 aromatic heterocycles. The van der Waals surface area contributed by atoms with E-state index in [-0.39, 0.29) is 49.6 Å². The molecular formula is C33H58O8. The van der Waals surface area contributed by atoms with Gasteiger partial charge < -0.3 is 24.8 Å². The van der Waals surface area contributed by atoms with Crippen LogP contribution < -0.4 is 0 Å². The lowest BCUT2D eigenvalue weighted by Crippen LogP contribution is -2.25. The van der Waals surface area contributed by atoms with E-state index in [1.807, 2.05) is 6.08 Å². The van der Waals surface area contributed by atoms with E-state index in [4.69, 9.17) is 9.47 Å². The van der Waals surface area contributed by atoms with Gasteiger partial charge in [0, 0.05) is 31.1 Å². The molecule has 1 aliphatic carbocycles. The SMILES string of the molecule is CCCCCCCCCC(=O)OC[C@@H](O)COC(=O)CCCCCC[C@H]1C(=O)C[C@@H](O)[C@@H]1/C=C/[C@@H](O)CCCCC. The molecule has 0 spiro atoms. The number of aliphatic hydroxyl groups excluding tert-OH is 3. The monoisotopic (exact) mass is 582 g/mol. The van der Waals surface area contributed by atoms with Gasteiger partial charge in [-0.2, -0.15) is 0 Å². The predicted molar refractivity (Wildman–Crippen MR) is 160 cm³/mol. The van der Waals surface area contributed by atoms with Gasteiger partial charge in [0.05, 0.1) is 12.2 Å². The van der Waals surface area contributed by atoms with Gasteiger partial charge in [0.15, 0.2) is 0 Å². The van der Waals surface area contributed by atoms with Gasteiger partial charge in [-0.05, 0) is 25.7 Å². The predicted octanol–water partition coefficient (Wildman–Crippen LogP) is 5.98. The zero-order chi connectivity index (χ0) is 30.3. The van der Waals surface area contributed by atoms with E-state index >= 15 is 0 Å². The number of unbranched alkanes of at least 4 members (excludes halogenated alkanes) is 11. The molecular weight excluding hydrogens is 524 g/mol. The molecule has 3 N–H and O–H groups in total. The minimum atomic E-state index is -1.03. The second-order valence-corrected chi connectivity index (χ2v) is 11.7. The molecule has 238 valence electrons. The Morgan fingerprint density at radius 1 is 0.805 bits per heavy atom. The van der Waals surface area contributed by atoms with Gasteiger partial charge in [0.2, 0.25) is 0 Å². The van der Waals surface area contributed by atoms with E-state index in [1.165, 1.54) is 25.7 Å². The van der Waals surface area contributed by atoms with Crippen LogP contribution in [0.25, 0.3) is 0 Å². The van der Waals surface area contributed by atoms with E-state index in [9.17, 15) is 29.7 Å². The summed E-state index contributed by atoms with van der Waals surface area (Å²) in [5.41, 5.74) is 0. The third-order valence-electron chi connectivity index (χ3n) is 7.90. The maximum atomic E-state index is 12.4. The van der Waals surface area contributed by atoms with Crippen molar-refractivity contribution in [1.82, 2.24) is 0 Å². The van der Waals surface area contributed by atoms with E-state index in [2.05, 4.69) is 13.8 Å². The number of ether oxygens (including phenoxy) is 2. The summed E-state index contributed by atoms with van der Waals surface area (Å²) in [5, 5.41) is 30.4. The molecule has 0 aliphatic heterocycles. The highest BCUT2D eigenvalue weighted by molar-refractivity contribution is 5.84. The van der Waals surface area contributed by atoms with Crippen molar-refractivity contribution in [2.75, 3.05) is 13.2 Å². The maximum Gasteiger partial charge on any atom is 0.305 e.